The highest BCUT2D eigenvalue weighted by atomic mass is 15.0. The van der Waals surface area contributed by atoms with Crippen LogP contribution in [0.25, 0.3) is 38.6 Å². The third-order valence-corrected chi connectivity index (χ3v) is 8.45. The zero-order valence-corrected chi connectivity index (χ0v) is 20.3. The van der Waals surface area contributed by atoms with Crippen LogP contribution in [0.3, 0.4) is 0 Å². The van der Waals surface area contributed by atoms with Crippen LogP contribution in [-0.2, 0) is 0 Å². The lowest BCUT2D eigenvalue weighted by molar-refractivity contribution is 0.444. The van der Waals surface area contributed by atoms with Gasteiger partial charge in [0, 0.05) is 22.3 Å². The summed E-state index contributed by atoms with van der Waals surface area (Å²) in [5.74, 6) is 1.13. The average Bonchev–Trinajstić information content (AvgIpc) is 3.39. The Morgan fingerprint density at radius 3 is 2.29 bits per heavy atom. The summed E-state index contributed by atoms with van der Waals surface area (Å²) in [6.45, 7) is 0. The molecule has 2 aliphatic carbocycles. The zero-order chi connectivity index (χ0) is 23.2. The number of imidazole rings is 1. The van der Waals surface area contributed by atoms with E-state index in [1.807, 2.05) is 0 Å². The van der Waals surface area contributed by atoms with Crippen LogP contribution >= 0.6 is 0 Å². The van der Waals surface area contributed by atoms with Gasteiger partial charge in [-0.3, -0.25) is 4.40 Å². The van der Waals surface area contributed by atoms with Crippen LogP contribution in [0.4, 0.5) is 0 Å². The van der Waals surface area contributed by atoms with E-state index in [-0.39, 0.29) is 0 Å². The van der Waals surface area contributed by atoms with Gasteiger partial charge in [0.1, 0.15) is 5.65 Å². The Balaban J connectivity index is 1.57. The molecule has 5 aromatic rings. The van der Waals surface area contributed by atoms with Crippen molar-refractivity contribution in [3.05, 3.63) is 96.2 Å². The summed E-state index contributed by atoms with van der Waals surface area (Å²) >= 11 is 0. The van der Waals surface area contributed by atoms with E-state index in [9.17, 15) is 0 Å². The molecule has 0 aliphatic heterocycles. The minimum absolute atomic E-state index is 0.486. The van der Waals surface area contributed by atoms with Gasteiger partial charge < -0.3 is 0 Å². The topological polar surface area (TPSA) is 17.3 Å². The Morgan fingerprint density at radius 2 is 1.46 bits per heavy atom. The van der Waals surface area contributed by atoms with Gasteiger partial charge in [0.2, 0.25) is 0 Å². The second-order valence-corrected chi connectivity index (χ2v) is 10.5. The first kappa shape index (κ1) is 20.9. The summed E-state index contributed by atoms with van der Waals surface area (Å²) in [5, 5.41) is 3.81. The van der Waals surface area contributed by atoms with Gasteiger partial charge in [-0.25, -0.2) is 4.98 Å². The van der Waals surface area contributed by atoms with Gasteiger partial charge in [-0.1, -0.05) is 92.1 Å². The standard InChI is InChI=1S/C33H32N2/c1-3-12-23(13-4-1)25-19-11-20-26(24-14-5-2-6-15-24)32(25)31-22-34-33-29-18-8-7-16-27(29)28-17-9-10-21-30(28)35(31)33/h3,7-12,16-24H,1-2,4-6,13-15H2. The van der Waals surface area contributed by atoms with E-state index in [1.165, 1.54) is 89.9 Å². The molecule has 0 saturated heterocycles. The lowest BCUT2D eigenvalue weighted by Gasteiger charge is -2.28. The molecular weight excluding hydrogens is 424 g/mol. The molecular formula is C33H32N2. The number of allylic oxidation sites excluding steroid dienone is 2. The number of para-hydroxylation sites is 1. The van der Waals surface area contributed by atoms with E-state index in [0.717, 1.165) is 5.65 Å². The van der Waals surface area contributed by atoms with Crippen molar-refractivity contribution < 1.29 is 0 Å². The molecule has 1 unspecified atom stereocenters. The minimum atomic E-state index is 0.486. The number of rotatable bonds is 3. The molecule has 35 heavy (non-hydrogen) atoms. The number of benzene rings is 3. The molecule has 1 atom stereocenters. The minimum Gasteiger partial charge on any atom is -0.292 e. The highest BCUT2D eigenvalue weighted by Crippen LogP contribution is 2.44. The summed E-state index contributed by atoms with van der Waals surface area (Å²) in [5.41, 5.74) is 8.06. The molecule has 2 heteroatoms. The lowest BCUT2D eigenvalue weighted by atomic mass is 9.77. The summed E-state index contributed by atoms with van der Waals surface area (Å²) in [7, 11) is 0. The van der Waals surface area contributed by atoms with E-state index in [0.29, 0.717) is 11.8 Å². The molecule has 2 heterocycles. The molecule has 2 nitrogen and oxygen atoms in total. The molecule has 2 aliphatic rings. The molecule has 3 aromatic carbocycles. The van der Waals surface area contributed by atoms with Gasteiger partial charge in [-0.15, -0.1) is 0 Å². The fourth-order valence-corrected chi connectivity index (χ4v) is 6.79. The largest absolute Gasteiger partial charge is 0.292 e. The molecule has 1 fully saturated rings. The van der Waals surface area contributed by atoms with Crippen LogP contribution in [0.1, 0.15) is 74.3 Å². The van der Waals surface area contributed by atoms with Crippen LogP contribution in [-0.4, -0.2) is 9.38 Å². The van der Waals surface area contributed by atoms with Crippen LogP contribution in [0.2, 0.25) is 0 Å². The van der Waals surface area contributed by atoms with Crippen LogP contribution in [0, 0.1) is 0 Å². The Kier molecular flexibility index (Phi) is 5.19. The second-order valence-electron chi connectivity index (χ2n) is 10.5. The number of hydrogen-bond acceptors (Lipinski definition) is 1. The van der Waals surface area contributed by atoms with E-state index in [1.54, 1.807) is 5.56 Å². The second kappa shape index (κ2) is 8.68. The Bertz CT molecular complexity index is 1570. The van der Waals surface area contributed by atoms with Crippen LogP contribution in [0.15, 0.2) is 85.1 Å². The maximum Gasteiger partial charge on any atom is 0.145 e. The smallest absolute Gasteiger partial charge is 0.145 e. The van der Waals surface area contributed by atoms with Gasteiger partial charge in [-0.2, -0.15) is 0 Å². The van der Waals surface area contributed by atoms with Gasteiger partial charge in [0.25, 0.3) is 0 Å². The average molecular weight is 457 g/mol. The molecule has 0 amide bonds. The Labute approximate surface area is 207 Å². The highest BCUT2D eigenvalue weighted by Gasteiger charge is 2.26. The van der Waals surface area contributed by atoms with E-state index in [2.05, 4.69) is 89.5 Å². The monoisotopic (exact) mass is 456 g/mol. The maximum absolute atomic E-state index is 5.09. The number of fused-ring (bicyclic) bond motifs is 6. The van der Waals surface area contributed by atoms with Gasteiger partial charge in [-0.05, 0) is 60.6 Å². The van der Waals surface area contributed by atoms with Crippen molar-refractivity contribution in [1.29, 1.82) is 0 Å². The number of aromatic nitrogens is 2. The quantitative estimate of drug-likeness (QED) is 0.195. The molecule has 174 valence electrons. The van der Waals surface area contributed by atoms with E-state index >= 15 is 0 Å². The van der Waals surface area contributed by atoms with Crippen LogP contribution < -0.4 is 0 Å². The zero-order valence-electron chi connectivity index (χ0n) is 20.3. The predicted molar refractivity (Wildman–Crippen MR) is 147 cm³/mol. The summed E-state index contributed by atoms with van der Waals surface area (Å²) in [6, 6.07) is 24.7. The summed E-state index contributed by atoms with van der Waals surface area (Å²) in [6.07, 6.45) is 17.4. The van der Waals surface area contributed by atoms with Gasteiger partial charge in [0.05, 0.1) is 17.4 Å². The van der Waals surface area contributed by atoms with Crippen molar-refractivity contribution in [3.63, 3.8) is 0 Å². The molecule has 0 radical (unpaired) electrons. The van der Waals surface area contributed by atoms with Crippen molar-refractivity contribution >= 4 is 27.3 Å². The first-order valence-corrected chi connectivity index (χ1v) is 13.5. The third-order valence-electron chi connectivity index (χ3n) is 8.45. The Morgan fingerprint density at radius 1 is 0.686 bits per heavy atom. The fourth-order valence-electron chi connectivity index (χ4n) is 6.79. The number of pyridine rings is 1. The third kappa shape index (κ3) is 3.42. The molecule has 0 N–H and O–H groups in total. The van der Waals surface area contributed by atoms with Crippen molar-refractivity contribution in [3.8, 4) is 11.3 Å². The van der Waals surface area contributed by atoms with Crippen LogP contribution in [0.5, 0.6) is 0 Å². The van der Waals surface area contributed by atoms with E-state index < -0.39 is 0 Å². The van der Waals surface area contributed by atoms with E-state index in [4.69, 9.17) is 4.98 Å². The van der Waals surface area contributed by atoms with Crippen molar-refractivity contribution in [2.75, 3.05) is 0 Å². The fraction of sp³-hybridized carbons (Fsp3) is 0.303. The number of hydrogen-bond donors (Lipinski definition) is 0. The molecule has 1 saturated carbocycles. The first-order chi connectivity index (χ1) is 17.4. The molecule has 0 spiro atoms. The molecule has 7 rings (SSSR count). The number of nitrogens with zero attached hydrogens (tertiary/aromatic N) is 2. The summed E-state index contributed by atoms with van der Waals surface area (Å²) < 4.78 is 2.45. The van der Waals surface area contributed by atoms with Crippen molar-refractivity contribution in [2.45, 2.75) is 63.2 Å². The highest BCUT2D eigenvalue weighted by molar-refractivity contribution is 6.12. The predicted octanol–water partition coefficient (Wildman–Crippen LogP) is 9.18. The van der Waals surface area contributed by atoms with Crippen molar-refractivity contribution in [1.82, 2.24) is 9.38 Å². The Hall–Kier alpha value is -3.39. The summed E-state index contributed by atoms with van der Waals surface area (Å²) in [4.78, 5) is 5.09. The molecule has 0 bridgehead atoms. The van der Waals surface area contributed by atoms with Gasteiger partial charge >= 0.3 is 0 Å². The lowest BCUT2D eigenvalue weighted by Crippen LogP contribution is -2.10. The SMILES string of the molecule is C1=CC(c2cccc(C3CCCCC3)c2-c2cnc3c4ccccc4c4ccccc4n23)CCC1. The van der Waals surface area contributed by atoms with Crippen molar-refractivity contribution in [2.24, 2.45) is 0 Å². The maximum atomic E-state index is 5.09. The normalized spacial score (nSPS) is 19.1. The molecule has 2 aromatic heterocycles. The van der Waals surface area contributed by atoms with Gasteiger partial charge in [0.15, 0.2) is 0 Å². The first-order valence-electron chi connectivity index (χ1n) is 13.5.